The maximum absolute atomic E-state index is 6.21. The van der Waals surface area contributed by atoms with Crippen molar-refractivity contribution in [1.29, 1.82) is 0 Å². The summed E-state index contributed by atoms with van der Waals surface area (Å²) >= 11 is 11.2. The van der Waals surface area contributed by atoms with E-state index in [4.69, 9.17) is 16.3 Å². The molecule has 0 saturated heterocycles. The molecule has 130 valence electrons. The molecule has 7 heteroatoms. The molecule has 0 radical (unpaired) electrons. The Morgan fingerprint density at radius 2 is 1.88 bits per heavy atom. The van der Waals surface area contributed by atoms with E-state index in [9.17, 15) is 0 Å². The Morgan fingerprint density at radius 3 is 2.60 bits per heavy atom. The maximum atomic E-state index is 6.21. The highest BCUT2D eigenvalue weighted by atomic mass is 79.9. The van der Waals surface area contributed by atoms with Crippen molar-refractivity contribution in [3.63, 3.8) is 0 Å². The third-order valence-corrected chi connectivity index (χ3v) is 5.64. The van der Waals surface area contributed by atoms with E-state index in [1.54, 1.807) is 11.8 Å². The second-order valence-corrected chi connectivity index (χ2v) is 7.76. The molecule has 1 unspecified atom stereocenters. The van der Waals surface area contributed by atoms with Crippen LogP contribution in [0.15, 0.2) is 58.2 Å². The van der Waals surface area contributed by atoms with Crippen LogP contribution in [-0.4, -0.2) is 14.8 Å². The quantitative estimate of drug-likeness (QED) is 0.465. The fourth-order valence-corrected chi connectivity index (χ4v) is 3.80. The first-order chi connectivity index (χ1) is 12.0. The summed E-state index contributed by atoms with van der Waals surface area (Å²) in [6, 6.07) is 15.6. The molecule has 3 aromatic rings. The van der Waals surface area contributed by atoms with E-state index in [0.717, 1.165) is 37.5 Å². The predicted molar refractivity (Wildman–Crippen MR) is 105 cm³/mol. The van der Waals surface area contributed by atoms with Crippen LogP contribution in [0.3, 0.4) is 0 Å². The van der Waals surface area contributed by atoms with Crippen LogP contribution in [0.1, 0.15) is 24.4 Å². The molecule has 0 N–H and O–H groups in total. The van der Waals surface area contributed by atoms with E-state index >= 15 is 0 Å². The first-order valence-electron chi connectivity index (χ1n) is 7.72. The summed E-state index contributed by atoms with van der Waals surface area (Å²) < 4.78 is 8.94. The van der Waals surface area contributed by atoms with E-state index in [2.05, 4.69) is 26.1 Å². The van der Waals surface area contributed by atoms with Gasteiger partial charge < -0.3 is 9.30 Å². The Labute approximate surface area is 164 Å². The largest absolute Gasteiger partial charge is 0.483 e. The predicted octanol–water partition coefficient (Wildman–Crippen LogP) is 5.66. The highest BCUT2D eigenvalue weighted by Crippen LogP contribution is 2.28. The molecule has 0 amide bonds. The lowest BCUT2D eigenvalue weighted by Crippen LogP contribution is -2.10. The standard InChI is InChI=1S/C18H17BrClN3OS/c1-12(24-15-9-7-14(19)8-10-15)17-21-22-18(23(17)2)25-11-13-5-3-4-6-16(13)20/h3-10,12H,11H2,1-2H3. The molecule has 0 bridgehead atoms. The first-order valence-corrected chi connectivity index (χ1v) is 9.88. The van der Waals surface area contributed by atoms with Crippen molar-refractivity contribution in [3.05, 3.63) is 69.4 Å². The summed E-state index contributed by atoms with van der Waals surface area (Å²) in [6.07, 6.45) is -0.201. The Morgan fingerprint density at radius 1 is 1.16 bits per heavy atom. The molecule has 1 heterocycles. The van der Waals surface area contributed by atoms with Gasteiger partial charge in [0, 0.05) is 22.3 Å². The monoisotopic (exact) mass is 437 g/mol. The lowest BCUT2D eigenvalue weighted by Gasteiger charge is -2.14. The number of ether oxygens (including phenoxy) is 1. The Hall–Kier alpha value is -1.50. The highest BCUT2D eigenvalue weighted by molar-refractivity contribution is 9.10. The molecule has 0 aliphatic heterocycles. The molecule has 3 rings (SSSR count). The molecule has 25 heavy (non-hydrogen) atoms. The van der Waals surface area contributed by atoms with Gasteiger partial charge >= 0.3 is 0 Å². The minimum Gasteiger partial charge on any atom is -0.483 e. The van der Waals surface area contributed by atoms with Crippen molar-refractivity contribution in [1.82, 2.24) is 14.8 Å². The number of nitrogens with zero attached hydrogens (tertiary/aromatic N) is 3. The minimum absolute atomic E-state index is 0.201. The van der Waals surface area contributed by atoms with Gasteiger partial charge in [-0.25, -0.2) is 0 Å². The SMILES string of the molecule is CC(Oc1ccc(Br)cc1)c1nnc(SCc2ccccc2Cl)n1C. The van der Waals surface area contributed by atoms with Crippen LogP contribution in [0.5, 0.6) is 5.75 Å². The number of benzene rings is 2. The Bertz CT molecular complexity index is 854. The smallest absolute Gasteiger partial charge is 0.191 e. The summed E-state index contributed by atoms with van der Waals surface area (Å²) in [5.74, 6) is 2.32. The van der Waals surface area contributed by atoms with Crippen molar-refractivity contribution in [3.8, 4) is 5.75 Å². The number of thioether (sulfide) groups is 1. The molecule has 2 aromatic carbocycles. The van der Waals surface area contributed by atoms with E-state index in [-0.39, 0.29) is 6.10 Å². The van der Waals surface area contributed by atoms with Gasteiger partial charge in [0.1, 0.15) is 5.75 Å². The first kappa shape index (κ1) is 18.3. The van der Waals surface area contributed by atoms with Crippen LogP contribution in [-0.2, 0) is 12.8 Å². The van der Waals surface area contributed by atoms with Gasteiger partial charge in [0.2, 0.25) is 0 Å². The highest BCUT2D eigenvalue weighted by Gasteiger charge is 2.17. The molecule has 1 atom stereocenters. The van der Waals surface area contributed by atoms with Gasteiger partial charge in [-0.05, 0) is 42.8 Å². The van der Waals surface area contributed by atoms with Gasteiger partial charge in [-0.3, -0.25) is 0 Å². The number of rotatable bonds is 6. The number of aromatic nitrogens is 3. The fourth-order valence-electron chi connectivity index (χ4n) is 2.33. The van der Waals surface area contributed by atoms with Gasteiger partial charge in [-0.15, -0.1) is 10.2 Å². The zero-order chi connectivity index (χ0) is 17.8. The molecular weight excluding hydrogens is 422 g/mol. The minimum atomic E-state index is -0.201. The number of hydrogen-bond donors (Lipinski definition) is 0. The molecule has 0 fully saturated rings. The molecule has 1 aromatic heterocycles. The third-order valence-electron chi connectivity index (χ3n) is 3.67. The van der Waals surface area contributed by atoms with Crippen molar-refractivity contribution in [2.24, 2.45) is 7.05 Å². The maximum Gasteiger partial charge on any atom is 0.191 e. The van der Waals surface area contributed by atoms with Crippen LogP contribution in [0.4, 0.5) is 0 Å². The van der Waals surface area contributed by atoms with E-state index in [1.165, 1.54) is 0 Å². The Kier molecular flexibility index (Phi) is 6.04. The van der Waals surface area contributed by atoms with Crippen LogP contribution < -0.4 is 4.74 Å². The zero-order valence-corrected chi connectivity index (χ0v) is 17.0. The molecule has 4 nitrogen and oxygen atoms in total. The summed E-state index contributed by atoms with van der Waals surface area (Å²) in [5, 5.41) is 10.2. The molecular formula is C18H17BrClN3OS. The van der Waals surface area contributed by atoms with E-state index in [1.807, 2.05) is 67.1 Å². The van der Waals surface area contributed by atoms with Gasteiger partial charge in [0.25, 0.3) is 0 Å². The molecule has 0 spiro atoms. The molecule has 0 aliphatic rings. The topological polar surface area (TPSA) is 39.9 Å². The second-order valence-electron chi connectivity index (χ2n) is 5.49. The average Bonchev–Trinajstić information content (AvgIpc) is 2.97. The lowest BCUT2D eigenvalue weighted by atomic mass is 10.2. The number of halogens is 2. The van der Waals surface area contributed by atoms with Crippen molar-refractivity contribution >= 4 is 39.3 Å². The van der Waals surface area contributed by atoms with E-state index in [0.29, 0.717) is 0 Å². The fraction of sp³-hybridized carbons (Fsp3) is 0.222. The van der Waals surface area contributed by atoms with Gasteiger partial charge in [0.15, 0.2) is 17.1 Å². The second kappa shape index (κ2) is 8.25. The van der Waals surface area contributed by atoms with Crippen molar-refractivity contribution in [2.45, 2.75) is 23.9 Å². The summed E-state index contributed by atoms with van der Waals surface area (Å²) in [7, 11) is 1.95. The molecule has 0 aliphatic carbocycles. The summed E-state index contributed by atoms with van der Waals surface area (Å²) in [5.41, 5.74) is 1.08. The van der Waals surface area contributed by atoms with Crippen LogP contribution in [0.2, 0.25) is 5.02 Å². The normalized spacial score (nSPS) is 12.2. The summed E-state index contributed by atoms with van der Waals surface area (Å²) in [6.45, 7) is 1.97. The van der Waals surface area contributed by atoms with Crippen molar-refractivity contribution in [2.75, 3.05) is 0 Å². The van der Waals surface area contributed by atoms with Gasteiger partial charge in [-0.1, -0.05) is 57.5 Å². The summed E-state index contributed by atoms with van der Waals surface area (Å²) in [4.78, 5) is 0. The Balaban J connectivity index is 1.67. The van der Waals surface area contributed by atoms with E-state index < -0.39 is 0 Å². The third kappa shape index (κ3) is 4.57. The molecule has 0 saturated carbocycles. The van der Waals surface area contributed by atoms with Gasteiger partial charge in [-0.2, -0.15) is 0 Å². The van der Waals surface area contributed by atoms with Gasteiger partial charge in [0.05, 0.1) is 0 Å². The average molecular weight is 439 g/mol. The number of hydrogen-bond acceptors (Lipinski definition) is 4. The van der Waals surface area contributed by atoms with Crippen LogP contribution in [0.25, 0.3) is 0 Å². The zero-order valence-electron chi connectivity index (χ0n) is 13.8. The van der Waals surface area contributed by atoms with Crippen LogP contribution >= 0.6 is 39.3 Å². The van der Waals surface area contributed by atoms with Crippen LogP contribution in [0, 0.1) is 0 Å². The van der Waals surface area contributed by atoms with Crippen molar-refractivity contribution < 1.29 is 4.74 Å². The lowest BCUT2D eigenvalue weighted by molar-refractivity contribution is 0.211.